The van der Waals surface area contributed by atoms with E-state index in [-0.39, 0.29) is 0 Å². The molecule has 0 radical (unpaired) electrons. The maximum Gasteiger partial charge on any atom is 0.213 e. The molecule has 1 aromatic heterocycles. The Labute approximate surface area is 121 Å². The summed E-state index contributed by atoms with van der Waals surface area (Å²) in [6.45, 7) is 4.13. The quantitative estimate of drug-likeness (QED) is 0.862. The second-order valence-electron chi connectivity index (χ2n) is 4.91. The van der Waals surface area contributed by atoms with E-state index in [9.17, 15) is 0 Å². The van der Waals surface area contributed by atoms with E-state index in [1.54, 1.807) is 0 Å². The molecule has 0 spiro atoms. The Morgan fingerprint density at radius 2 is 2.00 bits per heavy atom. The zero-order valence-electron chi connectivity index (χ0n) is 10.8. The number of hydrogen-bond donors (Lipinski definition) is 0. The van der Waals surface area contributed by atoms with Crippen LogP contribution in [0.1, 0.15) is 12.8 Å². The van der Waals surface area contributed by atoms with Crippen molar-refractivity contribution in [3.8, 4) is 5.88 Å². The van der Waals surface area contributed by atoms with Crippen LogP contribution in [0, 0.1) is 0 Å². The molecule has 0 amide bonds. The van der Waals surface area contributed by atoms with Crippen LogP contribution < -0.4 is 4.74 Å². The third-order valence-electron chi connectivity index (χ3n) is 3.51. The summed E-state index contributed by atoms with van der Waals surface area (Å²) in [5.74, 6) is 0.713. The smallest absolute Gasteiger partial charge is 0.213 e. The van der Waals surface area contributed by atoms with E-state index in [2.05, 4.69) is 37.9 Å². The molecule has 4 heteroatoms. The average Bonchev–Trinajstić information content (AvgIpc) is 2.91. The van der Waals surface area contributed by atoms with Crippen LogP contribution in [-0.2, 0) is 0 Å². The van der Waals surface area contributed by atoms with Crippen LogP contribution in [0.5, 0.6) is 5.88 Å². The first kappa shape index (κ1) is 12.9. The summed E-state index contributed by atoms with van der Waals surface area (Å²) >= 11 is 3.49. The van der Waals surface area contributed by atoms with Gasteiger partial charge in [-0.05, 0) is 43.5 Å². The molecule has 1 fully saturated rings. The summed E-state index contributed by atoms with van der Waals surface area (Å²) < 4.78 is 6.83. The van der Waals surface area contributed by atoms with Gasteiger partial charge in [-0.25, -0.2) is 4.98 Å². The molecule has 3 nitrogen and oxygen atoms in total. The first-order chi connectivity index (χ1) is 9.31. The van der Waals surface area contributed by atoms with Gasteiger partial charge in [0.15, 0.2) is 0 Å². The third kappa shape index (κ3) is 3.25. The highest BCUT2D eigenvalue weighted by atomic mass is 79.9. The fourth-order valence-electron chi connectivity index (χ4n) is 2.46. The SMILES string of the molecule is Brc1ccc2cnc(OCCN3CCCC3)cc2c1. The molecule has 1 aromatic carbocycles. The van der Waals surface area contributed by atoms with Crippen molar-refractivity contribution < 1.29 is 4.74 Å². The minimum atomic E-state index is 0.713. The van der Waals surface area contributed by atoms with Crippen molar-refractivity contribution in [2.45, 2.75) is 12.8 Å². The molecule has 2 aromatic rings. The topological polar surface area (TPSA) is 25.4 Å². The first-order valence-corrected chi connectivity index (χ1v) is 7.51. The van der Waals surface area contributed by atoms with Gasteiger partial charge >= 0.3 is 0 Å². The summed E-state index contributed by atoms with van der Waals surface area (Å²) in [6, 6.07) is 8.17. The number of hydrogen-bond acceptors (Lipinski definition) is 3. The van der Waals surface area contributed by atoms with Crippen molar-refractivity contribution in [1.29, 1.82) is 0 Å². The maximum absolute atomic E-state index is 5.75. The van der Waals surface area contributed by atoms with Gasteiger partial charge in [0.05, 0.1) is 0 Å². The summed E-state index contributed by atoms with van der Waals surface area (Å²) in [4.78, 5) is 6.79. The Hall–Kier alpha value is -1.13. The third-order valence-corrected chi connectivity index (χ3v) is 4.01. The van der Waals surface area contributed by atoms with E-state index < -0.39 is 0 Å². The number of rotatable bonds is 4. The molecule has 0 bridgehead atoms. The van der Waals surface area contributed by atoms with Gasteiger partial charge in [-0.1, -0.05) is 22.0 Å². The van der Waals surface area contributed by atoms with Crippen molar-refractivity contribution in [2.24, 2.45) is 0 Å². The number of ether oxygens (including phenoxy) is 1. The normalized spacial score (nSPS) is 16.1. The Balaban J connectivity index is 1.63. The minimum Gasteiger partial charge on any atom is -0.476 e. The van der Waals surface area contributed by atoms with Crippen LogP contribution in [0.25, 0.3) is 10.8 Å². The Kier molecular flexibility index (Phi) is 3.99. The van der Waals surface area contributed by atoms with Gasteiger partial charge in [-0.15, -0.1) is 0 Å². The number of fused-ring (bicyclic) bond motifs is 1. The van der Waals surface area contributed by atoms with Gasteiger partial charge in [0.1, 0.15) is 6.61 Å². The van der Waals surface area contributed by atoms with E-state index in [1.807, 2.05) is 18.3 Å². The standard InChI is InChI=1S/C15H17BrN2O/c16-14-4-3-12-11-17-15(10-13(12)9-14)19-8-7-18-5-1-2-6-18/h3-4,9-11H,1-2,5-8H2. The highest BCUT2D eigenvalue weighted by Crippen LogP contribution is 2.22. The van der Waals surface area contributed by atoms with Crippen LogP contribution in [0.2, 0.25) is 0 Å². The van der Waals surface area contributed by atoms with Gasteiger partial charge < -0.3 is 4.74 Å². The lowest BCUT2D eigenvalue weighted by Crippen LogP contribution is -2.25. The van der Waals surface area contributed by atoms with Crippen LogP contribution in [0.3, 0.4) is 0 Å². The van der Waals surface area contributed by atoms with E-state index in [0.29, 0.717) is 12.5 Å². The number of halogens is 1. The Bertz CT molecular complexity index is 567. The minimum absolute atomic E-state index is 0.713. The summed E-state index contributed by atoms with van der Waals surface area (Å²) in [5, 5.41) is 2.29. The van der Waals surface area contributed by atoms with E-state index in [0.717, 1.165) is 21.8 Å². The molecular weight excluding hydrogens is 304 g/mol. The molecule has 0 N–H and O–H groups in total. The zero-order valence-corrected chi connectivity index (χ0v) is 12.4. The van der Waals surface area contributed by atoms with Crippen LogP contribution in [-0.4, -0.2) is 36.1 Å². The van der Waals surface area contributed by atoms with Crippen molar-refractivity contribution in [3.63, 3.8) is 0 Å². The van der Waals surface area contributed by atoms with Crippen molar-refractivity contribution in [2.75, 3.05) is 26.2 Å². The number of aromatic nitrogens is 1. The molecule has 1 saturated heterocycles. The van der Waals surface area contributed by atoms with Crippen molar-refractivity contribution in [3.05, 3.63) is 34.9 Å². The summed E-state index contributed by atoms with van der Waals surface area (Å²) in [7, 11) is 0. The number of nitrogens with zero attached hydrogens (tertiary/aromatic N) is 2. The van der Waals surface area contributed by atoms with Crippen LogP contribution in [0.15, 0.2) is 34.9 Å². The van der Waals surface area contributed by atoms with E-state index in [1.165, 1.54) is 25.9 Å². The largest absolute Gasteiger partial charge is 0.476 e. The Morgan fingerprint density at radius 1 is 1.16 bits per heavy atom. The molecule has 1 aliphatic heterocycles. The molecule has 2 heterocycles. The number of pyridine rings is 1. The highest BCUT2D eigenvalue weighted by molar-refractivity contribution is 9.10. The van der Waals surface area contributed by atoms with Gasteiger partial charge in [-0.3, -0.25) is 4.90 Å². The van der Waals surface area contributed by atoms with Gasteiger partial charge in [0.2, 0.25) is 5.88 Å². The fourth-order valence-corrected chi connectivity index (χ4v) is 2.83. The number of benzene rings is 1. The molecule has 19 heavy (non-hydrogen) atoms. The van der Waals surface area contributed by atoms with Crippen LogP contribution >= 0.6 is 15.9 Å². The molecule has 3 rings (SSSR count). The molecule has 1 aliphatic rings. The second kappa shape index (κ2) is 5.88. The van der Waals surface area contributed by atoms with E-state index in [4.69, 9.17) is 4.74 Å². The van der Waals surface area contributed by atoms with Crippen molar-refractivity contribution in [1.82, 2.24) is 9.88 Å². The number of likely N-dealkylation sites (tertiary alicyclic amines) is 1. The monoisotopic (exact) mass is 320 g/mol. The van der Waals surface area contributed by atoms with Gasteiger partial charge in [0.25, 0.3) is 0 Å². The predicted molar refractivity (Wildman–Crippen MR) is 80.6 cm³/mol. The zero-order chi connectivity index (χ0) is 13.1. The lowest BCUT2D eigenvalue weighted by atomic mass is 10.2. The van der Waals surface area contributed by atoms with Crippen molar-refractivity contribution >= 4 is 26.7 Å². The molecule has 0 aliphatic carbocycles. The Morgan fingerprint density at radius 3 is 2.84 bits per heavy atom. The highest BCUT2D eigenvalue weighted by Gasteiger charge is 2.10. The van der Waals surface area contributed by atoms with E-state index >= 15 is 0 Å². The second-order valence-corrected chi connectivity index (χ2v) is 5.83. The molecule has 0 atom stereocenters. The molecule has 0 saturated carbocycles. The molecule has 100 valence electrons. The average molecular weight is 321 g/mol. The predicted octanol–water partition coefficient (Wildman–Crippen LogP) is 3.47. The molecule has 0 unspecified atom stereocenters. The first-order valence-electron chi connectivity index (χ1n) is 6.72. The fraction of sp³-hybridized carbons (Fsp3) is 0.400. The lowest BCUT2D eigenvalue weighted by Gasteiger charge is -2.14. The summed E-state index contributed by atoms with van der Waals surface area (Å²) in [6.07, 6.45) is 4.51. The van der Waals surface area contributed by atoms with Gasteiger partial charge in [-0.2, -0.15) is 0 Å². The molecular formula is C15H17BrN2O. The summed E-state index contributed by atoms with van der Waals surface area (Å²) in [5.41, 5.74) is 0. The van der Waals surface area contributed by atoms with Crippen LogP contribution in [0.4, 0.5) is 0 Å². The van der Waals surface area contributed by atoms with Gasteiger partial charge in [0, 0.05) is 28.7 Å². The maximum atomic E-state index is 5.75. The lowest BCUT2D eigenvalue weighted by molar-refractivity contribution is 0.232.